The molecule has 0 saturated heterocycles. The van der Waals surface area contributed by atoms with E-state index in [1.807, 2.05) is 17.8 Å². The maximum Gasteiger partial charge on any atom is 0.0898 e. The zero-order valence-electron chi connectivity index (χ0n) is 12.2. The van der Waals surface area contributed by atoms with Gasteiger partial charge in [-0.1, -0.05) is 0 Å². The Morgan fingerprint density at radius 3 is 2.47 bits per heavy atom. The highest BCUT2D eigenvalue weighted by molar-refractivity contribution is 7.09. The van der Waals surface area contributed by atoms with Crippen molar-refractivity contribution in [2.75, 3.05) is 0 Å². The highest BCUT2D eigenvalue weighted by Crippen LogP contribution is 2.21. The summed E-state index contributed by atoms with van der Waals surface area (Å²) in [5.41, 5.74) is 2.33. The second-order valence-corrected chi connectivity index (χ2v) is 6.31. The maximum absolute atomic E-state index is 4.53. The Morgan fingerprint density at radius 2 is 1.95 bits per heavy atom. The first kappa shape index (κ1) is 14.2. The minimum Gasteiger partial charge on any atom is -0.302 e. The number of nitrogens with zero attached hydrogens (tertiary/aromatic N) is 3. The molecule has 0 aliphatic carbocycles. The minimum atomic E-state index is 0.252. The Balaban J connectivity index is 2.01. The first-order valence-corrected chi connectivity index (χ1v) is 7.57. The molecular weight excluding hydrogens is 256 g/mol. The number of aryl methyl sites for hydroxylation is 1. The van der Waals surface area contributed by atoms with Gasteiger partial charge in [0.05, 0.1) is 16.9 Å². The molecule has 2 aromatic rings. The van der Waals surface area contributed by atoms with Crippen LogP contribution in [0.5, 0.6) is 0 Å². The summed E-state index contributed by atoms with van der Waals surface area (Å²) in [7, 11) is 0. The Labute approximate surface area is 118 Å². The average molecular weight is 278 g/mol. The summed E-state index contributed by atoms with van der Waals surface area (Å²) in [6.45, 7) is 10.6. The van der Waals surface area contributed by atoms with E-state index in [2.05, 4.69) is 54.7 Å². The van der Waals surface area contributed by atoms with E-state index in [9.17, 15) is 0 Å². The molecule has 0 aromatic carbocycles. The highest BCUT2D eigenvalue weighted by Gasteiger charge is 2.15. The highest BCUT2D eigenvalue weighted by atomic mass is 32.1. The van der Waals surface area contributed by atoms with E-state index in [4.69, 9.17) is 0 Å². The average Bonchev–Trinajstić information content (AvgIpc) is 2.96. The van der Waals surface area contributed by atoms with Gasteiger partial charge in [0.1, 0.15) is 0 Å². The fourth-order valence-corrected chi connectivity index (χ4v) is 2.70. The summed E-state index contributed by atoms with van der Waals surface area (Å²) >= 11 is 1.70. The van der Waals surface area contributed by atoms with Crippen LogP contribution >= 0.6 is 11.3 Å². The molecule has 4 nitrogen and oxygen atoms in total. The molecule has 0 bridgehead atoms. The van der Waals surface area contributed by atoms with Crippen molar-refractivity contribution in [2.45, 2.75) is 52.7 Å². The number of thiazole rings is 1. The topological polar surface area (TPSA) is 42.7 Å². The minimum absolute atomic E-state index is 0.252. The normalized spacial score (nSPS) is 14.8. The molecule has 104 valence electrons. The molecule has 2 rings (SSSR count). The standard InChI is InChI=1S/C14H22N4S/c1-9(2)18-7-13(6-15-18)10(3)16-11(4)14-8-19-12(5)17-14/h6-11,16H,1-5H3/t10-,11-/m1/s1. The van der Waals surface area contributed by atoms with E-state index in [1.54, 1.807) is 11.3 Å². The van der Waals surface area contributed by atoms with Crippen molar-refractivity contribution in [1.82, 2.24) is 20.1 Å². The zero-order chi connectivity index (χ0) is 14.0. The van der Waals surface area contributed by atoms with E-state index in [1.165, 1.54) is 5.56 Å². The van der Waals surface area contributed by atoms with Crippen molar-refractivity contribution < 1.29 is 0 Å². The van der Waals surface area contributed by atoms with Gasteiger partial charge in [-0.15, -0.1) is 11.3 Å². The Kier molecular flexibility index (Phi) is 4.37. The number of aromatic nitrogens is 3. The third kappa shape index (κ3) is 3.42. The molecule has 0 aliphatic rings. The smallest absolute Gasteiger partial charge is 0.0898 e. The number of rotatable bonds is 5. The van der Waals surface area contributed by atoms with Gasteiger partial charge < -0.3 is 5.32 Å². The molecule has 1 N–H and O–H groups in total. The molecule has 2 atom stereocenters. The van der Waals surface area contributed by atoms with Crippen LogP contribution in [-0.4, -0.2) is 14.8 Å². The Hall–Kier alpha value is -1.20. The first-order chi connectivity index (χ1) is 8.97. The van der Waals surface area contributed by atoms with Gasteiger partial charge >= 0.3 is 0 Å². The summed E-state index contributed by atoms with van der Waals surface area (Å²) < 4.78 is 1.99. The van der Waals surface area contributed by atoms with E-state index in [0.717, 1.165) is 10.7 Å². The third-order valence-corrected chi connectivity index (χ3v) is 4.02. The number of nitrogens with one attached hydrogen (secondary N) is 1. The van der Waals surface area contributed by atoms with Crippen molar-refractivity contribution in [3.8, 4) is 0 Å². The van der Waals surface area contributed by atoms with Crippen LogP contribution in [0, 0.1) is 6.92 Å². The van der Waals surface area contributed by atoms with E-state index >= 15 is 0 Å². The van der Waals surface area contributed by atoms with Crippen LogP contribution in [0.25, 0.3) is 0 Å². The van der Waals surface area contributed by atoms with Gasteiger partial charge in [0, 0.05) is 35.3 Å². The molecule has 2 heterocycles. The molecule has 2 aromatic heterocycles. The summed E-state index contributed by atoms with van der Waals surface area (Å²) in [4.78, 5) is 4.53. The van der Waals surface area contributed by atoms with Gasteiger partial charge in [0.2, 0.25) is 0 Å². The van der Waals surface area contributed by atoms with Crippen LogP contribution in [0.3, 0.4) is 0 Å². The molecule has 5 heteroatoms. The quantitative estimate of drug-likeness (QED) is 0.908. The summed E-state index contributed by atoms with van der Waals surface area (Å²) in [5.74, 6) is 0. The van der Waals surface area contributed by atoms with Crippen LogP contribution in [0.4, 0.5) is 0 Å². The lowest BCUT2D eigenvalue weighted by Crippen LogP contribution is -2.22. The van der Waals surface area contributed by atoms with E-state index in [-0.39, 0.29) is 12.1 Å². The van der Waals surface area contributed by atoms with Crippen LogP contribution in [-0.2, 0) is 0 Å². The largest absolute Gasteiger partial charge is 0.302 e. The van der Waals surface area contributed by atoms with E-state index < -0.39 is 0 Å². The SMILES string of the molecule is Cc1nc([C@@H](C)N[C@H](C)c2cnn(C(C)C)c2)cs1. The van der Waals surface area contributed by atoms with Crippen molar-refractivity contribution >= 4 is 11.3 Å². The van der Waals surface area contributed by atoms with Gasteiger partial charge in [-0.05, 0) is 34.6 Å². The van der Waals surface area contributed by atoms with Crippen LogP contribution in [0.1, 0.15) is 62.1 Å². The number of hydrogen-bond donors (Lipinski definition) is 1. The van der Waals surface area contributed by atoms with Gasteiger partial charge in [0.25, 0.3) is 0 Å². The molecular formula is C14H22N4S. The molecule has 19 heavy (non-hydrogen) atoms. The molecule has 0 amide bonds. The summed E-state index contributed by atoms with van der Waals surface area (Å²) in [5, 5.41) is 11.2. The predicted molar refractivity (Wildman–Crippen MR) is 79.4 cm³/mol. The second kappa shape index (κ2) is 5.84. The van der Waals surface area contributed by atoms with Crippen LogP contribution in [0.2, 0.25) is 0 Å². The van der Waals surface area contributed by atoms with Crippen molar-refractivity contribution in [2.24, 2.45) is 0 Å². The van der Waals surface area contributed by atoms with Gasteiger partial charge in [-0.3, -0.25) is 4.68 Å². The lowest BCUT2D eigenvalue weighted by Gasteiger charge is -2.17. The van der Waals surface area contributed by atoms with Crippen LogP contribution < -0.4 is 5.32 Å². The summed E-state index contributed by atoms with van der Waals surface area (Å²) in [6, 6.07) is 0.923. The third-order valence-electron chi connectivity index (χ3n) is 3.23. The first-order valence-electron chi connectivity index (χ1n) is 6.69. The summed E-state index contributed by atoms with van der Waals surface area (Å²) in [6.07, 6.45) is 4.05. The maximum atomic E-state index is 4.53. The monoisotopic (exact) mass is 278 g/mol. The van der Waals surface area contributed by atoms with Crippen molar-refractivity contribution in [3.05, 3.63) is 34.0 Å². The lowest BCUT2D eigenvalue weighted by molar-refractivity contribution is 0.485. The Morgan fingerprint density at radius 1 is 1.21 bits per heavy atom. The van der Waals surface area contributed by atoms with Gasteiger partial charge in [0.15, 0.2) is 0 Å². The number of hydrogen-bond acceptors (Lipinski definition) is 4. The molecule has 0 unspecified atom stereocenters. The van der Waals surface area contributed by atoms with Gasteiger partial charge in [-0.25, -0.2) is 4.98 Å². The van der Waals surface area contributed by atoms with Crippen molar-refractivity contribution in [1.29, 1.82) is 0 Å². The molecule has 0 fully saturated rings. The lowest BCUT2D eigenvalue weighted by atomic mass is 10.1. The zero-order valence-corrected chi connectivity index (χ0v) is 13.0. The van der Waals surface area contributed by atoms with E-state index in [0.29, 0.717) is 6.04 Å². The van der Waals surface area contributed by atoms with Crippen molar-refractivity contribution in [3.63, 3.8) is 0 Å². The van der Waals surface area contributed by atoms with Gasteiger partial charge in [-0.2, -0.15) is 5.10 Å². The Bertz CT molecular complexity index is 529. The molecule has 0 aliphatic heterocycles. The molecule has 0 radical (unpaired) electrons. The molecule has 0 saturated carbocycles. The fraction of sp³-hybridized carbons (Fsp3) is 0.571. The fourth-order valence-electron chi connectivity index (χ4n) is 1.99. The second-order valence-electron chi connectivity index (χ2n) is 5.25. The molecule has 0 spiro atoms. The predicted octanol–water partition coefficient (Wildman–Crippen LogP) is 3.64. The van der Waals surface area contributed by atoms with Crippen LogP contribution in [0.15, 0.2) is 17.8 Å².